The van der Waals surface area contributed by atoms with Gasteiger partial charge in [-0.2, -0.15) is 5.26 Å². The Balaban J connectivity index is 1.98. The topological polar surface area (TPSA) is 56.1 Å². The zero-order valence-corrected chi connectivity index (χ0v) is 10.3. The molecule has 0 aliphatic carbocycles. The highest BCUT2D eigenvalue weighted by molar-refractivity contribution is 5.75. The maximum atomic E-state index is 12.0. The van der Waals surface area contributed by atoms with E-state index in [9.17, 15) is 4.79 Å². The Labute approximate surface area is 107 Å². The van der Waals surface area contributed by atoms with Crippen LogP contribution in [-0.4, -0.2) is 24.0 Å². The molecule has 18 heavy (non-hydrogen) atoms. The van der Waals surface area contributed by atoms with Crippen LogP contribution in [0.2, 0.25) is 0 Å². The molecule has 4 nitrogen and oxygen atoms in total. The van der Waals surface area contributed by atoms with Gasteiger partial charge in [0, 0.05) is 13.1 Å². The van der Waals surface area contributed by atoms with E-state index in [0.29, 0.717) is 0 Å². The Hall–Kier alpha value is -2.02. The molecular formula is C14H17N3O. The van der Waals surface area contributed by atoms with Crippen LogP contribution in [0.15, 0.2) is 30.3 Å². The van der Waals surface area contributed by atoms with Crippen molar-refractivity contribution in [2.24, 2.45) is 0 Å². The molecule has 0 bridgehead atoms. The minimum absolute atomic E-state index is 0.134. The third kappa shape index (κ3) is 3.01. The highest BCUT2D eigenvalue weighted by atomic mass is 16.2. The molecule has 1 aliphatic rings. The lowest BCUT2D eigenvalue weighted by molar-refractivity contribution is 0.184. The first kappa shape index (κ1) is 12.4. The molecule has 1 fully saturated rings. The van der Waals surface area contributed by atoms with Crippen molar-refractivity contribution in [3.05, 3.63) is 35.9 Å². The molecule has 1 aromatic carbocycles. The van der Waals surface area contributed by atoms with Crippen LogP contribution >= 0.6 is 0 Å². The lowest BCUT2D eigenvalue weighted by Gasteiger charge is -2.27. The Morgan fingerprint density at radius 2 is 1.89 bits per heavy atom. The van der Waals surface area contributed by atoms with Crippen molar-refractivity contribution in [3.63, 3.8) is 0 Å². The number of carbonyl (C=O) groups is 1. The minimum atomic E-state index is -0.569. The zero-order valence-electron chi connectivity index (χ0n) is 10.3. The van der Waals surface area contributed by atoms with E-state index in [0.717, 1.165) is 31.5 Å². The molecular weight excluding hydrogens is 226 g/mol. The number of rotatable bonds is 2. The largest absolute Gasteiger partial charge is 0.325 e. The van der Waals surface area contributed by atoms with E-state index in [1.807, 2.05) is 30.3 Å². The van der Waals surface area contributed by atoms with Crippen molar-refractivity contribution in [3.8, 4) is 6.07 Å². The van der Waals surface area contributed by atoms with Crippen molar-refractivity contribution >= 4 is 6.03 Å². The first-order chi connectivity index (χ1) is 8.81. The smallest absolute Gasteiger partial charge is 0.318 e. The predicted molar refractivity (Wildman–Crippen MR) is 68.8 cm³/mol. The number of benzene rings is 1. The highest BCUT2D eigenvalue weighted by Crippen LogP contribution is 2.13. The number of hydrogen-bond acceptors (Lipinski definition) is 2. The van der Waals surface area contributed by atoms with Crippen LogP contribution in [0.5, 0.6) is 0 Å². The van der Waals surface area contributed by atoms with Gasteiger partial charge in [-0.1, -0.05) is 30.3 Å². The molecule has 94 valence electrons. The number of urea groups is 1. The van der Waals surface area contributed by atoms with Gasteiger partial charge < -0.3 is 10.2 Å². The Morgan fingerprint density at radius 1 is 1.22 bits per heavy atom. The van der Waals surface area contributed by atoms with Crippen molar-refractivity contribution in [1.29, 1.82) is 5.26 Å². The Bertz CT molecular complexity index is 432. The van der Waals surface area contributed by atoms with Gasteiger partial charge in [0.05, 0.1) is 6.07 Å². The Morgan fingerprint density at radius 3 is 2.50 bits per heavy atom. The van der Waals surface area contributed by atoms with Gasteiger partial charge in [0.1, 0.15) is 6.04 Å². The van der Waals surface area contributed by atoms with Crippen LogP contribution in [0, 0.1) is 11.3 Å². The molecule has 0 radical (unpaired) electrons. The van der Waals surface area contributed by atoms with Gasteiger partial charge >= 0.3 is 6.03 Å². The number of nitrogens with one attached hydrogen (secondary N) is 1. The number of piperidine rings is 1. The second-order valence-corrected chi connectivity index (χ2v) is 4.47. The van der Waals surface area contributed by atoms with Gasteiger partial charge in [0.15, 0.2) is 0 Å². The summed E-state index contributed by atoms with van der Waals surface area (Å²) < 4.78 is 0. The Kier molecular flexibility index (Phi) is 4.19. The van der Waals surface area contributed by atoms with Gasteiger partial charge in [-0.15, -0.1) is 0 Å². The van der Waals surface area contributed by atoms with E-state index in [-0.39, 0.29) is 6.03 Å². The van der Waals surface area contributed by atoms with Crippen molar-refractivity contribution in [1.82, 2.24) is 10.2 Å². The second-order valence-electron chi connectivity index (χ2n) is 4.47. The highest BCUT2D eigenvalue weighted by Gasteiger charge is 2.20. The van der Waals surface area contributed by atoms with Crippen molar-refractivity contribution in [2.45, 2.75) is 25.3 Å². The predicted octanol–water partition coefficient (Wildman–Crippen LogP) is 2.45. The third-order valence-electron chi connectivity index (χ3n) is 3.17. The van der Waals surface area contributed by atoms with Crippen LogP contribution in [0.4, 0.5) is 4.79 Å². The number of amides is 2. The summed E-state index contributed by atoms with van der Waals surface area (Å²) in [6.45, 7) is 1.58. The molecule has 1 saturated heterocycles. The van der Waals surface area contributed by atoms with Crippen molar-refractivity contribution in [2.75, 3.05) is 13.1 Å². The minimum Gasteiger partial charge on any atom is -0.325 e. The maximum absolute atomic E-state index is 12.0. The van der Waals surface area contributed by atoms with Gasteiger partial charge in [-0.3, -0.25) is 0 Å². The summed E-state index contributed by atoms with van der Waals surface area (Å²) in [6, 6.07) is 10.8. The fourth-order valence-electron chi connectivity index (χ4n) is 2.15. The molecule has 2 rings (SSSR count). The first-order valence-electron chi connectivity index (χ1n) is 6.31. The summed E-state index contributed by atoms with van der Waals surface area (Å²) >= 11 is 0. The van der Waals surface area contributed by atoms with Crippen LogP contribution < -0.4 is 5.32 Å². The molecule has 1 heterocycles. The number of nitriles is 1. The number of carbonyl (C=O) groups excluding carboxylic acids is 1. The molecule has 1 N–H and O–H groups in total. The third-order valence-corrected chi connectivity index (χ3v) is 3.17. The van der Waals surface area contributed by atoms with E-state index in [4.69, 9.17) is 5.26 Å². The molecule has 0 saturated carbocycles. The zero-order chi connectivity index (χ0) is 12.8. The molecule has 1 aromatic rings. The fourth-order valence-corrected chi connectivity index (χ4v) is 2.15. The van der Waals surface area contributed by atoms with Gasteiger partial charge in [-0.25, -0.2) is 4.79 Å². The summed E-state index contributed by atoms with van der Waals surface area (Å²) in [6.07, 6.45) is 3.29. The summed E-state index contributed by atoms with van der Waals surface area (Å²) in [5.41, 5.74) is 0.824. The number of nitrogens with zero attached hydrogens (tertiary/aromatic N) is 2. The molecule has 1 aliphatic heterocycles. The first-order valence-corrected chi connectivity index (χ1v) is 6.31. The van der Waals surface area contributed by atoms with Crippen LogP contribution in [0.1, 0.15) is 30.9 Å². The lowest BCUT2D eigenvalue weighted by Crippen LogP contribution is -2.43. The lowest BCUT2D eigenvalue weighted by atomic mass is 10.1. The molecule has 0 aromatic heterocycles. The molecule has 1 atom stereocenters. The second kappa shape index (κ2) is 6.06. The summed E-state index contributed by atoms with van der Waals surface area (Å²) in [5.74, 6) is 0. The van der Waals surface area contributed by atoms with Crippen LogP contribution in [0.3, 0.4) is 0 Å². The van der Waals surface area contributed by atoms with E-state index in [1.165, 1.54) is 6.42 Å². The maximum Gasteiger partial charge on any atom is 0.318 e. The van der Waals surface area contributed by atoms with Crippen LogP contribution in [-0.2, 0) is 0 Å². The number of hydrogen-bond donors (Lipinski definition) is 1. The van der Waals surface area contributed by atoms with Gasteiger partial charge in [-0.05, 0) is 24.8 Å². The van der Waals surface area contributed by atoms with E-state index in [2.05, 4.69) is 11.4 Å². The van der Waals surface area contributed by atoms with Gasteiger partial charge in [0.25, 0.3) is 0 Å². The molecule has 2 amide bonds. The van der Waals surface area contributed by atoms with Gasteiger partial charge in [0.2, 0.25) is 0 Å². The SMILES string of the molecule is N#CC(NC(=O)N1CCCCC1)c1ccccc1. The molecule has 1 unspecified atom stereocenters. The standard InChI is InChI=1S/C14H17N3O/c15-11-13(12-7-3-1-4-8-12)16-14(18)17-9-5-2-6-10-17/h1,3-4,7-8,13H,2,5-6,9-10H2,(H,16,18). The average molecular weight is 243 g/mol. The molecule has 0 spiro atoms. The van der Waals surface area contributed by atoms with Crippen molar-refractivity contribution < 1.29 is 4.79 Å². The quantitative estimate of drug-likeness (QED) is 0.867. The monoisotopic (exact) mass is 243 g/mol. The molecule has 4 heteroatoms. The van der Waals surface area contributed by atoms with E-state index < -0.39 is 6.04 Å². The number of likely N-dealkylation sites (tertiary alicyclic amines) is 1. The fraction of sp³-hybridized carbons (Fsp3) is 0.429. The normalized spacial score (nSPS) is 16.7. The van der Waals surface area contributed by atoms with E-state index in [1.54, 1.807) is 4.90 Å². The summed E-state index contributed by atoms with van der Waals surface area (Å²) in [5, 5.41) is 11.9. The summed E-state index contributed by atoms with van der Waals surface area (Å²) in [7, 11) is 0. The van der Waals surface area contributed by atoms with Crippen LogP contribution in [0.25, 0.3) is 0 Å². The average Bonchev–Trinajstić information content (AvgIpc) is 2.46. The summed E-state index contributed by atoms with van der Waals surface area (Å²) in [4.78, 5) is 13.8. The van der Waals surface area contributed by atoms with E-state index >= 15 is 0 Å².